The van der Waals surface area contributed by atoms with Crippen LogP contribution in [0.2, 0.25) is 0 Å². The van der Waals surface area contributed by atoms with E-state index in [2.05, 4.69) is 9.97 Å². The molecule has 0 amide bonds. The van der Waals surface area contributed by atoms with Gasteiger partial charge in [-0.25, -0.2) is 14.8 Å². The molecule has 7 heteroatoms. The van der Waals surface area contributed by atoms with Crippen LogP contribution < -0.4 is 0 Å². The minimum absolute atomic E-state index is 0.0115. The van der Waals surface area contributed by atoms with E-state index < -0.39 is 16.8 Å². The Balaban J connectivity index is 2.14. The Morgan fingerprint density at radius 3 is 3.06 bits per heavy atom. The zero-order chi connectivity index (χ0) is 13.1. The molecule has 3 atom stereocenters. The summed E-state index contributed by atoms with van der Waals surface area (Å²) < 4.78 is 17.5. The monoisotopic (exact) mass is 270 g/mol. The fourth-order valence-electron chi connectivity index (χ4n) is 1.95. The Hall–Kier alpha value is -1.34. The number of hydrogen-bond donors (Lipinski definition) is 1. The summed E-state index contributed by atoms with van der Waals surface area (Å²) in [5.41, 5.74) is 0.326. The number of carbonyl (C=O) groups is 1. The molecule has 2 rings (SSSR count). The zero-order valence-electron chi connectivity index (χ0n) is 9.91. The molecule has 3 unspecified atom stereocenters. The third-order valence-corrected chi connectivity index (χ3v) is 4.80. The summed E-state index contributed by atoms with van der Waals surface area (Å²) in [4.78, 5) is 18.6. The summed E-state index contributed by atoms with van der Waals surface area (Å²) >= 11 is 0. The van der Waals surface area contributed by atoms with E-state index in [1.54, 1.807) is 0 Å². The van der Waals surface area contributed by atoms with Crippen LogP contribution >= 0.6 is 0 Å². The maximum absolute atomic E-state index is 12.2. The third kappa shape index (κ3) is 2.73. The van der Waals surface area contributed by atoms with Gasteiger partial charge in [-0.15, -0.1) is 0 Å². The molecule has 1 aromatic rings. The van der Waals surface area contributed by atoms with Crippen molar-refractivity contribution in [2.24, 2.45) is 0 Å². The highest BCUT2D eigenvalue weighted by molar-refractivity contribution is 7.84. The van der Waals surface area contributed by atoms with Gasteiger partial charge in [-0.1, -0.05) is 0 Å². The lowest BCUT2D eigenvalue weighted by Crippen LogP contribution is -2.25. The van der Waals surface area contributed by atoms with Gasteiger partial charge in [0.25, 0.3) is 0 Å². The molecule has 1 fully saturated rings. The maximum Gasteiger partial charge on any atom is 0.339 e. The molecular weight excluding hydrogens is 256 g/mol. The van der Waals surface area contributed by atoms with Gasteiger partial charge in [-0.05, 0) is 13.3 Å². The topological polar surface area (TPSA) is 89.4 Å². The molecule has 6 nitrogen and oxygen atoms in total. The lowest BCUT2D eigenvalue weighted by atomic mass is 10.2. The summed E-state index contributed by atoms with van der Waals surface area (Å²) in [6.07, 6.45) is 3.19. The van der Waals surface area contributed by atoms with Gasteiger partial charge >= 0.3 is 5.97 Å². The summed E-state index contributed by atoms with van der Waals surface area (Å²) in [7, 11) is -1.18. The highest BCUT2D eigenvalue weighted by atomic mass is 32.2. The highest BCUT2D eigenvalue weighted by Gasteiger charge is 2.30. The number of carboxylic acids is 1. The van der Waals surface area contributed by atoms with Gasteiger partial charge in [-0.3, -0.25) is 4.21 Å². The molecule has 0 bridgehead atoms. The molecule has 18 heavy (non-hydrogen) atoms. The van der Waals surface area contributed by atoms with Crippen molar-refractivity contribution < 1.29 is 18.8 Å². The molecule has 0 spiro atoms. The normalized spacial score (nSPS) is 24.9. The van der Waals surface area contributed by atoms with Crippen LogP contribution in [0.25, 0.3) is 0 Å². The first-order valence-electron chi connectivity index (χ1n) is 5.60. The quantitative estimate of drug-likeness (QED) is 0.861. The second-order valence-electron chi connectivity index (χ2n) is 4.12. The Labute approximate surface area is 107 Å². The van der Waals surface area contributed by atoms with Gasteiger partial charge in [0.1, 0.15) is 11.9 Å². The van der Waals surface area contributed by atoms with E-state index in [1.165, 1.54) is 12.5 Å². The van der Waals surface area contributed by atoms with Crippen LogP contribution in [0.1, 0.15) is 29.4 Å². The number of carboxylic acid groups (broad SMARTS) is 1. The van der Waals surface area contributed by atoms with Crippen LogP contribution in [0.3, 0.4) is 0 Å². The number of aromatic carboxylic acids is 1. The van der Waals surface area contributed by atoms with E-state index in [4.69, 9.17) is 9.84 Å². The number of nitrogens with zero attached hydrogens (tertiary/aromatic N) is 2. The van der Waals surface area contributed by atoms with Gasteiger partial charge in [-0.2, -0.15) is 0 Å². The van der Waals surface area contributed by atoms with Crippen molar-refractivity contribution in [3.63, 3.8) is 0 Å². The summed E-state index contributed by atoms with van der Waals surface area (Å²) in [5.74, 6) is -0.971. The van der Waals surface area contributed by atoms with Crippen molar-refractivity contribution in [2.45, 2.75) is 30.5 Å². The van der Waals surface area contributed by atoms with Crippen LogP contribution in [0.5, 0.6) is 0 Å². The van der Waals surface area contributed by atoms with Crippen molar-refractivity contribution >= 4 is 16.8 Å². The number of ether oxygens (including phenoxy) is 1. The second-order valence-corrected chi connectivity index (χ2v) is 5.77. The SMILES string of the molecule is CC1OCCC1S(=O)Cc1ncncc1C(=O)O. The van der Waals surface area contributed by atoms with Crippen LogP contribution in [0.15, 0.2) is 12.5 Å². The van der Waals surface area contributed by atoms with Crippen LogP contribution in [-0.2, 0) is 21.3 Å². The minimum atomic E-state index is -1.18. The van der Waals surface area contributed by atoms with E-state index in [0.29, 0.717) is 12.3 Å². The molecule has 1 aromatic heterocycles. The van der Waals surface area contributed by atoms with Crippen LogP contribution in [-0.4, -0.2) is 43.2 Å². The largest absolute Gasteiger partial charge is 0.478 e. The molecule has 0 aromatic carbocycles. The summed E-state index contributed by atoms with van der Waals surface area (Å²) in [6, 6.07) is 0. The Morgan fingerprint density at radius 1 is 1.67 bits per heavy atom. The molecule has 0 saturated carbocycles. The molecule has 0 radical (unpaired) electrons. The Kier molecular flexibility index (Phi) is 4.03. The molecular formula is C11H14N2O4S. The van der Waals surface area contributed by atoms with Gasteiger partial charge < -0.3 is 9.84 Å². The Morgan fingerprint density at radius 2 is 2.44 bits per heavy atom. The molecule has 1 N–H and O–H groups in total. The standard InChI is InChI=1S/C11H14N2O4S/c1-7-10(2-3-17-7)18(16)5-9-8(11(14)15)4-12-6-13-9/h4,6-7,10H,2-3,5H2,1H3,(H,14,15). The minimum Gasteiger partial charge on any atom is -0.478 e. The van der Waals surface area contributed by atoms with Gasteiger partial charge in [0, 0.05) is 23.6 Å². The molecule has 98 valence electrons. The van der Waals surface area contributed by atoms with Crippen molar-refractivity contribution in [3.05, 3.63) is 23.8 Å². The fraction of sp³-hybridized carbons (Fsp3) is 0.545. The highest BCUT2D eigenvalue weighted by Crippen LogP contribution is 2.21. The van der Waals surface area contributed by atoms with Crippen LogP contribution in [0.4, 0.5) is 0 Å². The fourth-order valence-corrected chi connectivity index (χ4v) is 3.53. The first-order chi connectivity index (χ1) is 8.59. The van der Waals surface area contributed by atoms with Crippen molar-refractivity contribution in [1.29, 1.82) is 0 Å². The third-order valence-electron chi connectivity index (χ3n) is 2.95. The lowest BCUT2D eigenvalue weighted by molar-refractivity contribution is 0.0695. The van der Waals surface area contributed by atoms with Gasteiger partial charge in [0.2, 0.25) is 0 Å². The first-order valence-corrected chi connectivity index (χ1v) is 6.98. The molecule has 1 saturated heterocycles. The molecule has 1 aliphatic rings. The summed E-state index contributed by atoms with van der Waals surface area (Å²) in [6.45, 7) is 2.49. The molecule has 2 heterocycles. The van der Waals surface area contributed by atoms with Crippen molar-refractivity contribution in [2.75, 3.05) is 6.61 Å². The van der Waals surface area contributed by atoms with E-state index in [9.17, 15) is 9.00 Å². The average Bonchev–Trinajstić information content (AvgIpc) is 2.76. The van der Waals surface area contributed by atoms with Crippen molar-refractivity contribution in [1.82, 2.24) is 9.97 Å². The number of hydrogen-bond acceptors (Lipinski definition) is 5. The number of rotatable bonds is 4. The molecule has 1 aliphatic heterocycles. The predicted octanol–water partition coefficient (Wildman–Crippen LogP) is 0.601. The van der Waals surface area contributed by atoms with E-state index >= 15 is 0 Å². The van der Waals surface area contributed by atoms with E-state index in [-0.39, 0.29) is 22.7 Å². The Bertz CT molecular complexity index is 480. The first kappa shape index (κ1) is 13.1. The smallest absolute Gasteiger partial charge is 0.339 e. The summed E-state index contributed by atoms with van der Waals surface area (Å²) in [5, 5.41) is 8.94. The van der Waals surface area contributed by atoms with E-state index in [1.807, 2.05) is 6.92 Å². The maximum atomic E-state index is 12.2. The van der Waals surface area contributed by atoms with Crippen LogP contribution in [0, 0.1) is 0 Å². The van der Waals surface area contributed by atoms with Crippen molar-refractivity contribution in [3.8, 4) is 0 Å². The van der Waals surface area contributed by atoms with Gasteiger partial charge in [0.15, 0.2) is 0 Å². The zero-order valence-corrected chi connectivity index (χ0v) is 10.7. The predicted molar refractivity (Wildman–Crippen MR) is 64.7 cm³/mol. The average molecular weight is 270 g/mol. The van der Waals surface area contributed by atoms with E-state index in [0.717, 1.165) is 6.42 Å². The van der Waals surface area contributed by atoms with Gasteiger partial charge in [0.05, 0.1) is 22.8 Å². The second kappa shape index (κ2) is 5.53. The number of aromatic nitrogens is 2. The molecule has 0 aliphatic carbocycles. The lowest BCUT2D eigenvalue weighted by Gasteiger charge is -2.13.